The van der Waals surface area contributed by atoms with Crippen LogP contribution in [0.5, 0.6) is 0 Å². The molecule has 1 unspecified atom stereocenters. The van der Waals surface area contributed by atoms with Crippen LogP contribution in [0.1, 0.15) is 18.9 Å². The number of carbonyl (C=O) groups excluding carboxylic acids is 2. The molecule has 0 saturated heterocycles. The third-order valence-electron chi connectivity index (χ3n) is 2.05. The Hall–Kier alpha value is -1.75. The van der Waals surface area contributed by atoms with Gasteiger partial charge in [0.15, 0.2) is 5.78 Å². The fourth-order valence-electron chi connectivity index (χ4n) is 1.08. The van der Waals surface area contributed by atoms with Crippen LogP contribution in [0.15, 0.2) is 30.3 Å². The molecule has 0 saturated carbocycles. The lowest BCUT2D eigenvalue weighted by Crippen LogP contribution is -2.27. The fraction of sp³-hybridized carbons (Fsp3) is 0.333. The molecule has 0 aromatic heterocycles. The molecular weight excluding hydrogens is 227 g/mol. The summed E-state index contributed by atoms with van der Waals surface area (Å²) in [5, 5.41) is 0. The van der Waals surface area contributed by atoms with Gasteiger partial charge in [0.1, 0.15) is 6.61 Å². The van der Waals surface area contributed by atoms with Crippen LogP contribution in [-0.2, 0) is 26.0 Å². The van der Waals surface area contributed by atoms with E-state index >= 15 is 0 Å². The highest BCUT2D eigenvalue weighted by atomic mass is 19.1. The van der Waals surface area contributed by atoms with Crippen LogP contribution in [0, 0.1) is 0 Å². The van der Waals surface area contributed by atoms with Crippen LogP contribution in [0.4, 0.5) is 4.39 Å². The largest absolute Gasteiger partial charge is 0.383 e. The van der Waals surface area contributed by atoms with Gasteiger partial charge in [0.25, 0.3) is 6.17 Å². The predicted octanol–water partition coefficient (Wildman–Crippen LogP) is 1.98. The summed E-state index contributed by atoms with van der Waals surface area (Å²) in [6.07, 6.45) is -2.33. The van der Waals surface area contributed by atoms with Gasteiger partial charge in [-0.15, -0.1) is 0 Å². The van der Waals surface area contributed by atoms with E-state index in [0.717, 1.165) is 5.56 Å². The molecule has 0 aliphatic carbocycles. The molecule has 0 spiro atoms. The lowest BCUT2D eigenvalue weighted by Gasteiger charge is -2.05. The Balaban J connectivity index is 2.32. The van der Waals surface area contributed by atoms with Gasteiger partial charge in [-0.05, 0) is 5.56 Å². The van der Waals surface area contributed by atoms with Crippen molar-refractivity contribution in [3.8, 4) is 0 Å². The smallest absolute Gasteiger partial charge is 0.296 e. The van der Waals surface area contributed by atoms with E-state index in [4.69, 9.17) is 0 Å². The van der Waals surface area contributed by atoms with Gasteiger partial charge in [0.2, 0.25) is 0 Å². The molecule has 0 heterocycles. The summed E-state index contributed by atoms with van der Waals surface area (Å²) in [4.78, 5) is 30.6. The first kappa shape index (κ1) is 13.3. The molecule has 0 fully saturated rings. The lowest BCUT2D eigenvalue weighted by molar-refractivity contribution is -0.282. The predicted molar refractivity (Wildman–Crippen MR) is 57.5 cm³/mol. The summed E-state index contributed by atoms with van der Waals surface area (Å²) in [7, 11) is 0. The lowest BCUT2D eigenvalue weighted by atomic mass is 10.2. The van der Waals surface area contributed by atoms with Crippen molar-refractivity contribution in [2.45, 2.75) is 26.1 Å². The monoisotopic (exact) mass is 240 g/mol. The van der Waals surface area contributed by atoms with E-state index in [-0.39, 0.29) is 13.0 Å². The molecule has 1 atom stereocenters. The Morgan fingerprint density at radius 2 is 1.94 bits per heavy atom. The zero-order valence-electron chi connectivity index (χ0n) is 9.39. The van der Waals surface area contributed by atoms with Crippen LogP contribution in [0.2, 0.25) is 0 Å². The fourth-order valence-corrected chi connectivity index (χ4v) is 1.08. The third-order valence-corrected chi connectivity index (χ3v) is 2.05. The highest BCUT2D eigenvalue weighted by Gasteiger charge is 2.27. The molecule has 17 heavy (non-hydrogen) atoms. The Labute approximate surface area is 98.3 Å². The molecule has 1 aromatic rings. The summed E-state index contributed by atoms with van der Waals surface area (Å²) in [5.74, 6) is -2.13. The Morgan fingerprint density at radius 3 is 2.53 bits per heavy atom. The SMILES string of the molecule is CCC(=O)C(F)C(=O)OOCc1ccccc1. The molecule has 4 nitrogen and oxygen atoms in total. The Morgan fingerprint density at radius 1 is 1.29 bits per heavy atom. The number of hydrogen-bond acceptors (Lipinski definition) is 4. The van der Waals surface area contributed by atoms with Gasteiger partial charge in [-0.2, -0.15) is 4.89 Å². The van der Waals surface area contributed by atoms with Gasteiger partial charge < -0.3 is 0 Å². The zero-order chi connectivity index (χ0) is 12.7. The van der Waals surface area contributed by atoms with E-state index in [2.05, 4.69) is 9.78 Å². The molecule has 0 amide bonds. The molecule has 0 N–H and O–H groups in total. The van der Waals surface area contributed by atoms with Crippen molar-refractivity contribution >= 4 is 11.8 Å². The van der Waals surface area contributed by atoms with Crippen molar-refractivity contribution < 1.29 is 23.8 Å². The highest BCUT2D eigenvalue weighted by Crippen LogP contribution is 2.04. The summed E-state index contributed by atoms with van der Waals surface area (Å²) >= 11 is 0. The topological polar surface area (TPSA) is 52.6 Å². The molecule has 0 bridgehead atoms. The Kier molecular flexibility index (Phi) is 5.29. The molecule has 0 radical (unpaired) electrons. The van der Waals surface area contributed by atoms with Crippen molar-refractivity contribution in [2.75, 3.05) is 0 Å². The van der Waals surface area contributed by atoms with Gasteiger partial charge in [-0.1, -0.05) is 37.3 Å². The summed E-state index contributed by atoms with van der Waals surface area (Å²) in [6, 6.07) is 8.93. The minimum absolute atomic E-state index is 0.0135. The molecule has 92 valence electrons. The minimum atomic E-state index is -2.27. The maximum absolute atomic E-state index is 13.0. The van der Waals surface area contributed by atoms with Crippen molar-refractivity contribution in [1.82, 2.24) is 0 Å². The zero-order valence-corrected chi connectivity index (χ0v) is 9.39. The van der Waals surface area contributed by atoms with Crippen molar-refractivity contribution in [1.29, 1.82) is 0 Å². The second-order valence-electron chi connectivity index (χ2n) is 3.33. The first-order valence-electron chi connectivity index (χ1n) is 5.19. The van der Waals surface area contributed by atoms with Crippen LogP contribution >= 0.6 is 0 Å². The van der Waals surface area contributed by atoms with Crippen molar-refractivity contribution in [3.63, 3.8) is 0 Å². The van der Waals surface area contributed by atoms with E-state index in [1.807, 2.05) is 6.07 Å². The van der Waals surface area contributed by atoms with Crippen LogP contribution < -0.4 is 0 Å². The van der Waals surface area contributed by atoms with Crippen molar-refractivity contribution in [2.24, 2.45) is 0 Å². The van der Waals surface area contributed by atoms with E-state index in [9.17, 15) is 14.0 Å². The first-order chi connectivity index (χ1) is 8.15. The number of hydrogen-bond donors (Lipinski definition) is 0. The number of rotatable bonds is 6. The number of halogens is 1. The number of ketones is 1. The summed E-state index contributed by atoms with van der Waals surface area (Å²) in [6.45, 7) is 1.48. The average Bonchev–Trinajstić information content (AvgIpc) is 2.38. The van der Waals surface area contributed by atoms with Gasteiger partial charge >= 0.3 is 5.97 Å². The standard InChI is InChI=1S/C12H13FO4/c1-2-10(14)11(13)12(15)17-16-8-9-6-4-3-5-7-9/h3-7,11H,2,8H2,1H3. The van der Waals surface area contributed by atoms with E-state index in [1.165, 1.54) is 6.92 Å². The molecule has 5 heteroatoms. The third kappa shape index (κ3) is 4.32. The van der Waals surface area contributed by atoms with Gasteiger partial charge in [-0.3, -0.25) is 9.68 Å². The van der Waals surface area contributed by atoms with Crippen molar-refractivity contribution in [3.05, 3.63) is 35.9 Å². The second kappa shape index (κ2) is 6.75. The molecule has 0 aliphatic rings. The maximum Gasteiger partial charge on any atom is 0.383 e. The first-order valence-corrected chi connectivity index (χ1v) is 5.19. The quantitative estimate of drug-likeness (QED) is 0.433. The van der Waals surface area contributed by atoms with Crippen LogP contribution in [-0.4, -0.2) is 17.9 Å². The van der Waals surface area contributed by atoms with Gasteiger partial charge in [0, 0.05) is 6.42 Å². The number of benzene rings is 1. The molecular formula is C12H13FO4. The normalized spacial score (nSPS) is 11.9. The Bertz CT molecular complexity index is 377. The van der Waals surface area contributed by atoms with E-state index in [1.54, 1.807) is 24.3 Å². The number of alkyl halides is 1. The molecule has 1 rings (SSSR count). The van der Waals surface area contributed by atoms with Crippen LogP contribution in [0.25, 0.3) is 0 Å². The summed E-state index contributed by atoms with van der Waals surface area (Å²) < 4.78 is 13.0. The maximum atomic E-state index is 13.0. The minimum Gasteiger partial charge on any atom is -0.296 e. The molecule has 1 aromatic carbocycles. The van der Waals surface area contributed by atoms with Crippen LogP contribution in [0.3, 0.4) is 0 Å². The number of Topliss-reactive ketones (excluding diaryl/α,β-unsaturated/α-hetero) is 1. The van der Waals surface area contributed by atoms with Gasteiger partial charge in [0.05, 0.1) is 0 Å². The average molecular weight is 240 g/mol. The van der Waals surface area contributed by atoms with Gasteiger partial charge in [-0.25, -0.2) is 9.18 Å². The highest BCUT2D eigenvalue weighted by molar-refractivity contribution is 6.01. The number of carbonyl (C=O) groups is 2. The van der Waals surface area contributed by atoms with E-state index in [0.29, 0.717) is 0 Å². The second-order valence-corrected chi connectivity index (χ2v) is 3.33. The summed E-state index contributed by atoms with van der Waals surface area (Å²) in [5.41, 5.74) is 0.775. The van der Waals surface area contributed by atoms with E-state index < -0.39 is 17.9 Å². The molecule has 0 aliphatic heterocycles.